The summed E-state index contributed by atoms with van der Waals surface area (Å²) in [4.78, 5) is 22.2. The Morgan fingerprint density at radius 3 is 2.49 bits per heavy atom. The number of thiazole rings is 1. The van der Waals surface area contributed by atoms with E-state index in [1.165, 1.54) is 30.6 Å². The molecule has 5 rings (SSSR count). The molecular weight excluding hydrogens is 486 g/mol. The number of aliphatic hydroxyl groups excluding tert-OH is 1. The first-order valence-corrected chi connectivity index (χ1v) is 14.9. The van der Waals surface area contributed by atoms with Crippen molar-refractivity contribution in [3.63, 3.8) is 0 Å². The van der Waals surface area contributed by atoms with Crippen LogP contribution in [-0.2, 0) is 10.0 Å². The van der Waals surface area contributed by atoms with Crippen LogP contribution in [0.4, 0.5) is 22.2 Å². The number of nitrogens with zero attached hydrogens (tertiary/aromatic N) is 3. The van der Waals surface area contributed by atoms with E-state index in [0.29, 0.717) is 22.5 Å². The van der Waals surface area contributed by atoms with E-state index in [1.54, 1.807) is 23.6 Å². The zero-order valence-corrected chi connectivity index (χ0v) is 21.5. The van der Waals surface area contributed by atoms with Gasteiger partial charge in [0.15, 0.2) is 5.13 Å². The Hall–Kier alpha value is -2.37. The largest absolute Gasteiger partial charge is 0.395 e. The van der Waals surface area contributed by atoms with Gasteiger partial charge >= 0.3 is 0 Å². The minimum Gasteiger partial charge on any atom is -0.395 e. The highest BCUT2D eigenvalue weighted by Gasteiger charge is 2.44. The molecule has 3 aliphatic rings. The fourth-order valence-electron chi connectivity index (χ4n) is 5.00. The van der Waals surface area contributed by atoms with E-state index in [0.717, 1.165) is 62.7 Å². The number of amides is 1. The van der Waals surface area contributed by atoms with Gasteiger partial charge in [0.2, 0.25) is 10.0 Å². The standard InChI is InChI=1S/C24H33N5O4S2/c30-14-15-35(32,33)27-18-4-5-19(21(16-18)28-12-8-24(6-7-24)9-13-28)25-22(31)20-17-34-23(26-20)29-10-2-1-3-11-29/h4-5,16-17,27,30H,1-3,6-15H2,(H,25,31). The molecule has 1 aromatic carbocycles. The van der Waals surface area contributed by atoms with Crippen molar-refractivity contribution in [1.29, 1.82) is 0 Å². The topological polar surface area (TPSA) is 115 Å². The maximum atomic E-state index is 13.1. The maximum absolute atomic E-state index is 13.1. The molecule has 3 N–H and O–H groups in total. The van der Waals surface area contributed by atoms with Crippen LogP contribution in [0.25, 0.3) is 0 Å². The second-order valence-electron chi connectivity index (χ2n) is 9.88. The lowest BCUT2D eigenvalue weighted by atomic mass is 9.93. The van der Waals surface area contributed by atoms with E-state index in [2.05, 4.69) is 24.8 Å². The first kappa shape index (κ1) is 24.3. The summed E-state index contributed by atoms with van der Waals surface area (Å²) >= 11 is 1.49. The van der Waals surface area contributed by atoms with Gasteiger partial charge in [-0.1, -0.05) is 0 Å². The number of piperidine rings is 2. The van der Waals surface area contributed by atoms with Crippen molar-refractivity contribution in [2.75, 3.05) is 58.4 Å². The van der Waals surface area contributed by atoms with Crippen LogP contribution in [0.5, 0.6) is 0 Å². The second-order valence-corrected chi connectivity index (χ2v) is 12.6. The molecule has 3 fully saturated rings. The molecule has 3 heterocycles. The zero-order chi connectivity index (χ0) is 24.5. The predicted molar refractivity (Wildman–Crippen MR) is 140 cm³/mol. The summed E-state index contributed by atoms with van der Waals surface area (Å²) < 4.78 is 26.9. The van der Waals surface area contributed by atoms with Crippen molar-refractivity contribution < 1.29 is 18.3 Å². The molecule has 1 spiro atoms. The minimum absolute atomic E-state index is 0.268. The number of aliphatic hydroxyl groups is 1. The Morgan fingerprint density at radius 1 is 1.06 bits per heavy atom. The van der Waals surface area contributed by atoms with E-state index in [4.69, 9.17) is 5.11 Å². The molecule has 1 aliphatic carbocycles. The van der Waals surface area contributed by atoms with E-state index < -0.39 is 16.6 Å². The number of nitrogens with one attached hydrogen (secondary N) is 2. The molecule has 0 atom stereocenters. The fraction of sp³-hybridized carbons (Fsp3) is 0.583. The third-order valence-electron chi connectivity index (χ3n) is 7.35. The van der Waals surface area contributed by atoms with Gasteiger partial charge in [-0.2, -0.15) is 0 Å². The number of sulfonamides is 1. The van der Waals surface area contributed by atoms with Crippen molar-refractivity contribution in [1.82, 2.24) is 4.98 Å². The molecule has 1 saturated carbocycles. The highest BCUT2D eigenvalue weighted by Crippen LogP contribution is 2.54. The van der Waals surface area contributed by atoms with E-state index in [-0.39, 0.29) is 11.7 Å². The van der Waals surface area contributed by atoms with Gasteiger partial charge in [-0.05, 0) is 68.6 Å². The Balaban J connectivity index is 1.36. The maximum Gasteiger partial charge on any atom is 0.275 e. The van der Waals surface area contributed by atoms with E-state index in [9.17, 15) is 13.2 Å². The van der Waals surface area contributed by atoms with Gasteiger partial charge in [-0.3, -0.25) is 9.52 Å². The van der Waals surface area contributed by atoms with Crippen LogP contribution in [0, 0.1) is 5.41 Å². The van der Waals surface area contributed by atoms with Gasteiger partial charge in [0.25, 0.3) is 5.91 Å². The Kier molecular flexibility index (Phi) is 6.91. The molecule has 0 radical (unpaired) electrons. The SMILES string of the molecule is O=C(Nc1ccc(NS(=O)(=O)CCO)cc1N1CCC2(CC1)CC2)c1csc(N2CCCCC2)n1. The average Bonchev–Trinajstić information content (AvgIpc) is 3.40. The molecule has 0 bridgehead atoms. The monoisotopic (exact) mass is 519 g/mol. The molecule has 1 amide bonds. The number of carbonyl (C=O) groups excluding carboxylic acids is 1. The summed E-state index contributed by atoms with van der Waals surface area (Å²) in [6.07, 6.45) is 8.31. The summed E-state index contributed by atoms with van der Waals surface area (Å²) in [6, 6.07) is 5.15. The van der Waals surface area contributed by atoms with Gasteiger partial charge in [0.05, 0.1) is 29.4 Å². The van der Waals surface area contributed by atoms with Crippen LogP contribution >= 0.6 is 11.3 Å². The van der Waals surface area contributed by atoms with Crippen LogP contribution in [0.2, 0.25) is 0 Å². The third-order valence-corrected chi connectivity index (χ3v) is 9.52. The molecule has 2 aliphatic heterocycles. The number of anilines is 4. The molecule has 35 heavy (non-hydrogen) atoms. The molecule has 1 aromatic heterocycles. The number of aromatic nitrogens is 1. The molecular formula is C24H33N5O4S2. The Labute approximate surface area is 210 Å². The number of benzene rings is 1. The molecule has 0 unspecified atom stereocenters. The molecule has 190 valence electrons. The average molecular weight is 520 g/mol. The van der Waals surface area contributed by atoms with Crippen molar-refractivity contribution in [2.45, 2.75) is 44.9 Å². The highest BCUT2D eigenvalue weighted by molar-refractivity contribution is 7.92. The summed E-state index contributed by atoms with van der Waals surface area (Å²) in [6.45, 7) is 3.24. The van der Waals surface area contributed by atoms with Crippen LogP contribution < -0.4 is 19.8 Å². The number of carbonyl (C=O) groups is 1. The third kappa shape index (κ3) is 5.73. The fourth-order valence-corrected chi connectivity index (χ4v) is 6.69. The molecule has 2 aromatic rings. The first-order chi connectivity index (χ1) is 16.9. The summed E-state index contributed by atoms with van der Waals surface area (Å²) in [5.74, 6) is -0.633. The number of hydrogen-bond acceptors (Lipinski definition) is 8. The van der Waals surface area contributed by atoms with Gasteiger partial charge < -0.3 is 20.2 Å². The lowest BCUT2D eigenvalue weighted by molar-refractivity contribution is 0.102. The quantitative estimate of drug-likeness (QED) is 0.489. The highest BCUT2D eigenvalue weighted by atomic mass is 32.2. The molecule has 11 heteroatoms. The van der Waals surface area contributed by atoms with Crippen LogP contribution in [-0.4, -0.2) is 63.0 Å². The van der Waals surface area contributed by atoms with Crippen LogP contribution in [0.3, 0.4) is 0 Å². The summed E-state index contributed by atoms with van der Waals surface area (Å²) in [5, 5.41) is 14.7. The van der Waals surface area contributed by atoms with Crippen molar-refractivity contribution in [3.05, 3.63) is 29.3 Å². The van der Waals surface area contributed by atoms with Gasteiger partial charge in [-0.25, -0.2) is 13.4 Å². The number of rotatable bonds is 8. The normalized spacial score (nSPS) is 19.6. The summed E-state index contributed by atoms with van der Waals surface area (Å²) in [5.41, 5.74) is 2.74. The second kappa shape index (κ2) is 9.94. The Morgan fingerprint density at radius 2 is 1.80 bits per heavy atom. The van der Waals surface area contributed by atoms with Gasteiger partial charge in [0, 0.05) is 31.6 Å². The zero-order valence-electron chi connectivity index (χ0n) is 19.8. The number of hydrogen-bond donors (Lipinski definition) is 3. The van der Waals surface area contributed by atoms with Crippen LogP contribution in [0.1, 0.15) is 55.4 Å². The Bertz CT molecular complexity index is 1160. The molecule has 9 nitrogen and oxygen atoms in total. The lowest BCUT2D eigenvalue weighted by Gasteiger charge is -2.35. The van der Waals surface area contributed by atoms with Crippen molar-refractivity contribution in [3.8, 4) is 0 Å². The first-order valence-electron chi connectivity index (χ1n) is 12.4. The van der Waals surface area contributed by atoms with Crippen molar-refractivity contribution >= 4 is 49.5 Å². The lowest BCUT2D eigenvalue weighted by Crippen LogP contribution is -2.35. The minimum atomic E-state index is -3.65. The van der Waals surface area contributed by atoms with E-state index in [1.807, 2.05) is 0 Å². The molecule has 2 saturated heterocycles. The van der Waals surface area contributed by atoms with Gasteiger partial charge in [0.1, 0.15) is 5.69 Å². The smallest absolute Gasteiger partial charge is 0.275 e. The van der Waals surface area contributed by atoms with Gasteiger partial charge in [-0.15, -0.1) is 11.3 Å². The van der Waals surface area contributed by atoms with E-state index >= 15 is 0 Å². The van der Waals surface area contributed by atoms with Crippen molar-refractivity contribution in [2.24, 2.45) is 5.41 Å². The summed E-state index contributed by atoms with van der Waals surface area (Å²) in [7, 11) is -3.65. The van der Waals surface area contributed by atoms with Crippen LogP contribution in [0.15, 0.2) is 23.6 Å². The predicted octanol–water partition coefficient (Wildman–Crippen LogP) is 3.50.